The lowest BCUT2D eigenvalue weighted by atomic mass is 10.2. The van der Waals surface area contributed by atoms with E-state index in [-0.39, 0.29) is 24.3 Å². The van der Waals surface area contributed by atoms with E-state index in [1.807, 2.05) is 30.3 Å². The molecule has 1 amide bonds. The number of aromatic nitrogens is 1. The van der Waals surface area contributed by atoms with Gasteiger partial charge in [-0.05, 0) is 5.56 Å². The summed E-state index contributed by atoms with van der Waals surface area (Å²) >= 11 is 0. The fourth-order valence-electron chi connectivity index (χ4n) is 1.79. The molecule has 23 heavy (non-hydrogen) atoms. The molecule has 2 aromatic rings. The van der Waals surface area contributed by atoms with E-state index in [0.29, 0.717) is 5.69 Å². The van der Waals surface area contributed by atoms with Crippen molar-refractivity contribution in [3.8, 4) is 5.75 Å². The van der Waals surface area contributed by atoms with Crippen LogP contribution in [0.15, 0.2) is 47.4 Å². The Hall–Kier alpha value is -3.09. The van der Waals surface area contributed by atoms with Crippen LogP contribution in [0.4, 0.5) is 0 Å². The van der Waals surface area contributed by atoms with E-state index in [0.717, 1.165) is 12.7 Å². The fraction of sp³-hybridized carbons (Fsp3) is 0.188. The van der Waals surface area contributed by atoms with Gasteiger partial charge in [-0.25, -0.2) is 4.79 Å². The topological polar surface area (TPSA) is 97.5 Å². The zero-order valence-corrected chi connectivity index (χ0v) is 12.5. The van der Waals surface area contributed by atoms with Crippen molar-refractivity contribution in [2.75, 3.05) is 7.11 Å². The van der Waals surface area contributed by atoms with Crippen molar-refractivity contribution in [3.63, 3.8) is 0 Å². The van der Waals surface area contributed by atoms with E-state index in [4.69, 9.17) is 4.74 Å². The molecule has 0 unspecified atom stereocenters. The Morgan fingerprint density at radius 1 is 1.22 bits per heavy atom. The number of carbonyl (C=O) groups excluding carboxylic acids is 2. The van der Waals surface area contributed by atoms with Crippen molar-refractivity contribution in [3.05, 3.63) is 64.1 Å². The first-order valence-corrected chi connectivity index (χ1v) is 6.84. The Labute approximate surface area is 132 Å². The van der Waals surface area contributed by atoms with E-state index < -0.39 is 11.9 Å². The average Bonchev–Trinajstić information content (AvgIpc) is 2.59. The number of amides is 1. The summed E-state index contributed by atoms with van der Waals surface area (Å²) in [7, 11) is 1.11. The van der Waals surface area contributed by atoms with Gasteiger partial charge < -0.3 is 19.8 Å². The summed E-state index contributed by atoms with van der Waals surface area (Å²) in [6, 6.07) is 10.8. The summed E-state index contributed by atoms with van der Waals surface area (Å²) in [5.41, 5.74) is 1.07. The first kappa shape index (κ1) is 16.3. The predicted octanol–water partition coefficient (Wildman–Crippen LogP) is 0.743. The number of ether oxygens (including phenoxy) is 2. The largest absolute Gasteiger partial charge is 0.483 e. The third kappa shape index (κ3) is 4.70. The highest BCUT2D eigenvalue weighted by atomic mass is 16.5. The molecule has 0 aliphatic heterocycles. The summed E-state index contributed by atoms with van der Waals surface area (Å²) in [6.07, 6.45) is 1.42. The molecule has 2 N–H and O–H groups in total. The van der Waals surface area contributed by atoms with Crippen LogP contribution in [0.3, 0.4) is 0 Å². The molecular weight excluding hydrogens is 300 g/mol. The minimum Gasteiger partial charge on any atom is -0.483 e. The number of rotatable bonds is 5. The number of esters is 1. The summed E-state index contributed by atoms with van der Waals surface area (Å²) in [4.78, 5) is 37.0. The standard InChI is InChI=1S/C16H16N2O5/c1-22-16(21)15(20)18-8-12-7-13(19)14(9-17-12)23-10-11-5-3-2-4-6-11/h2-7,9H,8,10H2,1H3,(H,17,19)(H,18,20). The Bertz CT molecular complexity index is 740. The molecule has 0 saturated carbocycles. The van der Waals surface area contributed by atoms with Crippen LogP contribution in [0.5, 0.6) is 5.75 Å². The highest BCUT2D eigenvalue weighted by molar-refractivity contribution is 6.32. The maximum Gasteiger partial charge on any atom is 0.396 e. The second-order valence-corrected chi connectivity index (χ2v) is 4.64. The molecule has 0 spiro atoms. The molecule has 1 aromatic heterocycles. The number of benzene rings is 1. The molecule has 7 heteroatoms. The van der Waals surface area contributed by atoms with Crippen molar-refractivity contribution in [1.82, 2.24) is 10.3 Å². The minimum absolute atomic E-state index is 0.00212. The van der Waals surface area contributed by atoms with Gasteiger partial charge in [-0.2, -0.15) is 0 Å². The van der Waals surface area contributed by atoms with Crippen molar-refractivity contribution in [2.45, 2.75) is 13.2 Å². The summed E-state index contributed by atoms with van der Waals surface area (Å²) in [5.74, 6) is -1.69. The third-order valence-electron chi connectivity index (χ3n) is 2.98. The lowest BCUT2D eigenvalue weighted by molar-refractivity contribution is -0.152. The zero-order chi connectivity index (χ0) is 16.7. The van der Waals surface area contributed by atoms with Gasteiger partial charge in [0.2, 0.25) is 5.43 Å². The molecular formula is C16H16N2O5. The smallest absolute Gasteiger partial charge is 0.396 e. The van der Waals surface area contributed by atoms with E-state index >= 15 is 0 Å². The third-order valence-corrected chi connectivity index (χ3v) is 2.98. The Morgan fingerprint density at radius 3 is 2.61 bits per heavy atom. The lowest BCUT2D eigenvalue weighted by Gasteiger charge is -2.07. The molecule has 0 saturated heterocycles. The highest BCUT2D eigenvalue weighted by Crippen LogP contribution is 2.06. The van der Waals surface area contributed by atoms with E-state index in [9.17, 15) is 14.4 Å². The lowest BCUT2D eigenvalue weighted by Crippen LogP contribution is -2.31. The van der Waals surface area contributed by atoms with Crippen LogP contribution in [0, 0.1) is 0 Å². The second-order valence-electron chi connectivity index (χ2n) is 4.64. The van der Waals surface area contributed by atoms with Crippen LogP contribution in [0.2, 0.25) is 0 Å². The van der Waals surface area contributed by atoms with Crippen LogP contribution >= 0.6 is 0 Å². The number of H-pyrrole nitrogens is 1. The molecule has 1 aromatic carbocycles. The maximum atomic E-state index is 11.9. The molecule has 7 nitrogen and oxygen atoms in total. The normalized spacial score (nSPS) is 9.96. The molecule has 0 bridgehead atoms. The van der Waals surface area contributed by atoms with Gasteiger partial charge in [0.1, 0.15) is 6.61 Å². The summed E-state index contributed by atoms with van der Waals surface area (Å²) in [6.45, 7) is 0.282. The van der Waals surface area contributed by atoms with Gasteiger partial charge >= 0.3 is 11.9 Å². The summed E-state index contributed by atoms with van der Waals surface area (Å²) < 4.78 is 9.73. The molecule has 0 atom stereocenters. The Balaban J connectivity index is 1.94. The first-order valence-electron chi connectivity index (χ1n) is 6.84. The number of methoxy groups -OCH3 is 1. The van der Waals surface area contributed by atoms with Gasteiger partial charge in [0.25, 0.3) is 0 Å². The molecule has 0 aliphatic rings. The van der Waals surface area contributed by atoms with Crippen molar-refractivity contribution in [2.24, 2.45) is 0 Å². The quantitative estimate of drug-likeness (QED) is 0.626. The number of nitrogens with one attached hydrogen (secondary N) is 2. The van der Waals surface area contributed by atoms with Crippen molar-refractivity contribution in [1.29, 1.82) is 0 Å². The molecule has 0 fully saturated rings. The van der Waals surface area contributed by atoms with Crippen LogP contribution in [0.25, 0.3) is 0 Å². The molecule has 0 aliphatic carbocycles. The van der Waals surface area contributed by atoms with E-state index in [1.54, 1.807) is 0 Å². The highest BCUT2D eigenvalue weighted by Gasteiger charge is 2.13. The van der Waals surface area contributed by atoms with Gasteiger partial charge in [0, 0.05) is 18.0 Å². The van der Waals surface area contributed by atoms with Gasteiger partial charge in [-0.1, -0.05) is 30.3 Å². The molecule has 1 heterocycles. The van der Waals surface area contributed by atoms with Gasteiger partial charge in [-0.15, -0.1) is 0 Å². The molecule has 0 radical (unpaired) electrons. The monoisotopic (exact) mass is 316 g/mol. The fourth-order valence-corrected chi connectivity index (χ4v) is 1.79. The molecule has 2 rings (SSSR count). The SMILES string of the molecule is COC(=O)C(=O)NCc1cc(=O)c(OCc2ccccc2)c[nH]1. The molecule has 120 valence electrons. The zero-order valence-electron chi connectivity index (χ0n) is 12.5. The number of hydrogen-bond acceptors (Lipinski definition) is 5. The maximum absolute atomic E-state index is 11.9. The second kappa shape index (κ2) is 7.79. The van der Waals surface area contributed by atoms with Gasteiger partial charge in [0.15, 0.2) is 5.75 Å². The van der Waals surface area contributed by atoms with Crippen LogP contribution < -0.4 is 15.5 Å². The minimum atomic E-state index is -0.991. The number of pyridine rings is 1. The van der Waals surface area contributed by atoms with Crippen molar-refractivity contribution < 1.29 is 19.1 Å². The van der Waals surface area contributed by atoms with Gasteiger partial charge in [-0.3, -0.25) is 9.59 Å². The Kier molecular flexibility index (Phi) is 5.51. The number of aromatic amines is 1. The summed E-state index contributed by atoms with van der Waals surface area (Å²) in [5, 5.41) is 2.33. The van der Waals surface area contributed by atoms with Crippen LogP contribution in [-0.4, -0.2) is 24.0 Å². The number of hydrogen-bond donors (Lipinski definition) is 2. The predicted molar refractivity (Wildman–Crippen MR) is 81.7 cm³/mol. The average molecular weight is 316 g/mol. The number of carbonyl (C=O) groups is 2. The van der Waals surface area contributed by atoms with Crippen LogP contribution in [-0.2, 0) is 27.5 Å². The van der Waals surface area contributed by atoms with E-state index in [1.165, 1.54) is 12.3 Å². The van der Waals surface area contributed by atoms with Crippen LogP contribution in [0.1, 0.15) is 11.3 Å². The van der Waals surface area contributed by atoms with Crippen molar-refractivity contribution >= 4 is 11.9 Å². The van der Waals surface area contributed by atoms with Gasteiger partial charge in [0.05, 0.1) is 13.7 Å². The van der Waals surface area contributed by atoms with E-state index in [2.05, 4.69) is 15.0 Å². The Morgan fingerprint density at radius 2 is 1.96 bits per heavy atom. The first-order chi connectivity index (χ1) is 11.1.